The van der Waals surface area contributed by atoms with Crippen LogP contribution in [0.4, 0.5) is 0 Å². The molecule has 124 valence electrons. The van der Waals surface area contributed by atoms with Crippen LogP contribution in [0.15, 0.2) is 0 Å². The molecule has 22 heavy (non-hydrogen) atoms. The fraction of sp³-hybridized carbons (Fsp3) is 1.00. The van der Waals surface area contributed by atoms with E-state index in [0.29, 0.717) is 23.2 Å². The first-order valence-corrected chi connectivity index (χ1v) is 9.57. The van der Waals surface area contributed by atoms with Gasteiger partial charge in [0.05, 0.1) is 12.2 Å². The number of hydrogen-bond donors (Lipinski definition) is 2. The lowest BCUT2D eigenvalue weighted by atomic mass is 9.46. The molecule has 9 atom stereocenters. The molecule has 0 aromatic heterocycles. The lowest BCUT2D eigenvalue weighted by Crippen LogP contribution is -2.58. The van der Waals surface area contributed by atoms with Crippen molar-refractivity contribution in [1.29, 1.82) is 0 Å². The Bertz CT molecular complexity index is 482. The van der Waals surface area contributed by atoms with Crippen molar-refractivity contribution < 1.29 is 9.84 Å². The lowest BCUT2D eigenvalue weighted by Gasteiger charge is -2.61. The quantitative estimate of drug-likeness (QED) is 0.723. The fourth-order valence-corrected chi connectivity index (χ4v) is 7.66. The van der Waals surface area contributed by atoms with Gasteiger partial charge in [-0.3, -0.25) is 5.32 Å². The van der Waals surface area contributed by atoms with Gasteiger partial charge in [-0.15, -0.1) is 0 Å². The highest BCUT2D eigenvalue weighted by molar-refractivity contribution is 5.12. The van der Waals surface area contributed by atoms with Crippen molar-refractivity contribution in [3.63, 3.8) is 0 Å². The van der Waals surface area contributed by atoms with E-state index in [0.717, 1.165) is 43.1 Å². The summed E-state index contributed by atoms with van der Waals surface area (Å²) < 4.78 is 6.32. The number of fused-ring (bicyclic) bond motifs is 8. The molecule has 3 saturated carbocycles. The molecule has 0 spiro atoms. The van der Waals surface area contributed by atoms with Crippen LogP contribution >= 0.6 is 0 Å². The molecule has 0 amide bonds. The van der Waals surface area contributed by atoms with Gasteiger partial charge in [0.15, 0.2) is 0 Å². The summed E-state index contributed by atoms with van der Waals surface area (Å²) in [6.45, 7) is 6.07. The zero-order valence-corrected chi connectivity index (χ0v) is 14.1. The molecular weight excluding hydrogens is 274 g/mol. The van der Waals surface area contributed by atoms with Gasteiger partial charge in [-0.25, -0.2) is 0 Å². The Labute approximate surface area is 134 Å². The van der Waals surface area contributed by atoms with E-state index in [-0.39, 0.29) is 6.10 Å². The Morgan fingerprint density at radius 3 is 2.82 bits per heavy atom. The van der Waals surface area contributed by atoms with Gasteiger partial charge in [0, 0.05) is 12.0 Å². The maximum absolute atomic E-state index is 10.3. The normalized spacial score (nSPS) is 63.1. The van der Waals surface area contributed by atoms with E-state index in [4.69, 9.17) is 4.74 Å². The Balaban J connectivity index is 1.50. The minimum atomic E-state index is -0.0422. The first kappa shape index (κ1) is 14.2. The van der Waals surface area contributed by atoms with Gasteiger partial charge in [0.1, 0.15) is 6.23 Å². The van der Waals surface area contributed by atoms with E-state index in [1.807, 2.05) is 0 Å². The molecule has 0 aromatic rings. The molecule has 3 nitrogen and oxygen atoms in total. The highest BCUT2D eigenvalue weighted by atomic mass is 16.5. The van der Waals surface area contributed by atoms with Gasteiger partial charge < -0.3 is 9.84 Å². The highest BCUT2D eigenvalue weighted by Gasteiger charge is 2.63. The summed E-state index contributed by atoms with van der Waals surface area (Å²) in [5, 5.41) is 13.9. The molecule has 2 aliphatic heterocycles. The van der Waals surface area contributed by atoms with Crippen LogP contribution in [0, 0.1) is 34.5 Å². The maximum atomic E-state index is 10.3. The van der Waals surface area contributed by atoms with Crippen molar-refractivity contribution in [2.45, 2.75) is 77.2 Å². The predicted octanol–water partition coefficient (Wildman–Crippen LogP) is 2.92. The first-order valence-electron chi connectivity index (χ1n) is 9.57. The van der Waals surface area contributed by atoms with Crippen molar-refractivity contribution in [3.8, 4) is 0 Å². The second-order valence-electron chi connectivity index (χ2n) is 9.56. The SMILES string of the molecule is C[C@]12CC[C@H]3[C@@H](CC[C@@H]4CC5NCC(O5)[C@@]43C)[C@@H]1C[C@H](O)C2. The van der Waals surface area contributed by atoms with Crippen LogP contribution in [0.25, 0.3) is 0 Å². The number of ether oxygens (including phenoxy) is 1. The largest absolute Gasteiger partial charge is 0.393 e. The third-order valence-electron chi connectivity index (χ3n) is 8.76. The standard InChI is InChI=1S/C19H31NO2/c1-18-6-5-14-13(15(18)8-12(21)9-18)4-3-11-7-17-20-10-16(22-17)19(11,14)2/h11-17,20-21H,3-10H2,1-2H3/t11-,12+,13-,14+,15+,16?,17?,18-,19+/m1/s1. The number of aliphatic hydroxyl groups is 1. The van der Waals surface area contributed by atoms with Crippen LogP contribution in [0.5, 0.6) is 0 Å². The molecule has 0 aromatic carbocycles. The molecule has 2 N–H and O–H groups in total. The van der Waals surface area contributed by atoms with Crippen molar-refractivity contribution in [2.75, 3.05) is 6.54 Å². The minimum Gasteiger partial charge on any atom is -0.393 e. The topological polar surface area (TPSA) is 41.5 Å². The molecule has 2 unspecified atom stereocenters. The first-order chi connectivity index (χ1) is 10.5. The van der Waals surface area contributed by atoms with E-state index in [9.17, 15) is 5.11 Å². The summed E-state index contributed by atoms with van der Waals surface area (Å²) >= 11 is 0. The van der Waals surface area contributed by atoms with Crippen molar-refractivity contribution in [3.05, 3.63) is 0 Å². The van der Waals surface area contributed by atoms with Gasteiger partial charge in [-0.05, 0) is 74.0 Å². The number of aliphatic hydroxyl groups excluding tert-OH is 1. The Morgan fingerprint density at radius 1 is 1.09 bits per heavy atom. The second-order valence-corrected chi connectivity index (χ2v) is 9.56. The summed E-state index contributed by atoms with van der Waals surface area (Å²) in [6.07, 6.45) is 9.52. The van der Waals surface area contributed by atoms with Gasteiger partial charge in [0.25, 0.3) is 0 Å². The van der Waals surface area contributed by atoms with Crippen LogP contribution < -0.4 is 5.32 Å². The highest BCUT2D eigenvalue weighted by Crippen LogP contribution is 2.66. The molecule has 5 rings (SSSR count). The number of nitrogens with one attached hydrogen (secondary N) is 1. The van der Waals surface area contributed by atoms with Crippen molar-refractivity contribution in [2.24, 2.45) is 34.5 Å². The predicted molar refractivity (Wildman–Crippen MR) is 85.2 cm³/mol. The summed E-state index contributed by atoms with van der Waals surface area (Å²) in [6, 6.07) is 0. The second kappa shape index (κ2) is 4.49. The third kappa shape index (κ3) is 1.68. The Morgan fingerprint density at radius 2 is 1.95 bits per heavy atom. The molecule has 3 heteroatoms. The zero-order valence-electron chi connectivity index (χ0n) is 14.1. The number of rotatable bonds is 0. The molecule has 2 heterocycles. The van der Waals surface area contributed by atoms with Crippen molar-refractivity contribution in [1.82, 2.24) is 5.32 Å². The smallest absolute Gasteiger partial charge is 0.108 e. The molecule has 3 aliphatic carbocycles. The van der Waals surface area contributed by atoms with E-state index >= 15 is 0 Å². The van der Waals surface area contributed by atoms with Crippen LogP contribution in [-0.4, -0.2) is 30.1 Å². The van der Waals surface area contributed by atoms with Gasteiger partial charge in [-0.1, -0.05) is 13.8 Å². The van der Waals surface area contributed by atoms with Gasteiger partial charge >= 0.3 is 0 Å². The van der Waals surface area contributed by atoms with E-state index in [2.05, 4.69) is 19.2 Å². The Kier molecular flexibility index (Phi) is 2.91. The molecular formula is C19H31NO2. The summed E-state index contributed by atoms with van der Waals surface area (Å²) in [5.41, 5.74) is 0.785. The maximum Gasteiger partial charge on any atom is 0.108 e. The molecule has 5 aliphatic rings. The van der Waals surface area contributed by atoms with Crippen LogP contribution in [0.2, 0.25) is 0 Å². The van der Waals surface area contributed by atoms with E-state index < -0.39 is 0 Å². The molecule has 5 fully saturated rings. The minimum absolute atomic E-state index is 0.0422. The summed E-state index contributed by atoms with van der Waals surface area (Å²) in [7, 11) is 0. The van der Waals surface area contributed by atoms with Gasteiger partial charge in [-0.2, -0.15) is 0 Å². The molecule has 2 saturated heterocycles. The monoisotopic (exact) mass is 305 g/mol. The fourth-order valence-electron chi connectivity index (χ4n) is 7.66. The van der Waals surface area contributed by atoms with Crippen molar-refractivity contribution >= 4 is 0 Å². The summed E-state index contributed by atoms with van der Waals surface area (Å²) in [5.74, 6) is 3.26. The van der Waals surface area contributed by atoms with Crippen LogP contribution in [0.3, 0.4) is 0 Å². The Hall–Kier alpha value is -0.120. The molecule has 2 bridgehead atoms. The summed E-state index contributed by atoms with van der Waals surface area (Å²) in [4.78, 5) is 0. The van der Waals surface area contributed by atoms with Gasteiger partial charge in [0.2, 0.25) is 0 Å². The van der Waals surface area contributed by atoms with Crippen LogP contribution in [-0.2, 0) is 4.74 Å². The third-order valence-corrected chi connectivity index (χ3v) is 8.76. The molecule has 0 radical (unpaired) electrons. The lowest BCUT2D eigenvalue weighted by molar-refractivity contribution is -0.190. The average molecular weight is 305 g/mol. The van der Waals surface area contributed by atoms with E-state index in [1.54, 1.807) is 0 Å². The van der Waals surface area contributed by atoms with Crippen LogP contribution in [0.1, 0.15) is 58.8 Å². The zero-order chi connectivity index (χ0) is 15.1. The number of hydrogen-bond acceptors (Lipinski definition) is 3. The average Bonchev–Trinajstić information content (AvgIpc) is 3.02. The van der Waals surface area contributed by atoms with E-state index in [1.165, 1.54) is 32.1 Å².